The van der Waals surface area contributed by atoms with Gasteiger partial charge in [-0.3, -0.25) is 0 Å². The maximum absolute atomic E-state index is 10.3. The van der Waals surface area contributed by atoms with Gasteiger partial charge in [-0.05, 0) is 23.1 Å². The van der Waals surface area contributed by atoms with E-state index in [0.717, 1.165) is 23.5 Å². The molecule has 5 heteroatoms. The highest BCUT2D eigenvalue weighted by atomic mass is 32.2. The van der Waals surface area contributed by atoms with Crippen molar-refractivity contribution in [1.82, 2.24) is 0 Å². The minimum Gasteiger partial charge on any atom is -0.502 e. The van der Waals surface area contributed by atoms with E-state index in [9.17, 15) is 5.11 Å². The molecule has 1 aliphatic rings. The van der Waals surface area contributed by atoms with Gasteiger partial charge in [-0.2, -0.15) is 0 Å². The van der Waals surface area contributed by atoms with Crippen molar-refractivity contribution in [3.63, 3.8) is 0 Å². The monoisotopic (exact) mass is 312 g/mol. The first-order valence-corrected chi connectivity index (χ1v) is 8.60. The second-order valence-corrected chi connectivity index (χ2v) is 6.92. The fourth-order valence-corrected chi connectivity index (χ4v) is 4.48. The van der Waals surface area contributed by atoms with Crippen LogP contribution in [-0.2, 0) is 6.42 Å². The zero-order valence-electron chi connectivity index (χ0n) is 12.3. The van der Waals surface area contributed by atoms with E-state index in [-0.39, 0.29) is 5.75 Å². The van der Waals surface area contributed by atoms with Crippen molar-refractivity contribution in [2.75, 3.05) is 25.7 Å². The number of hydrogen-bond acceptors (Lipinski definition) is 5. The summed E-state index contributed by atoms with van der Waals surface area (Å²) in [6.45, 7) is 4.30. The van der Waals surface area contributed by atoms with Crippen molar-refractivity contribution in [1.29, 1.82) is 0 Å². The fraction of sp³-hybridized carbons (Fsp3) is 0.467. The molecule has 0 bridgehead atoms. The quantitative estimate of drug-likeness (QED) is 0.854. The zero-order valence-corrected chi connectivity index (χ0v) is 13.9. The predicted octanol–water partition coefficient (Wildman–Crippen LogP) is 4.14. The van der Waals surface area contributed by atoms with Crippen LogP contribution in [0.2, 0.25) is 0 Å². The molecule has 0 saturated carbocycles. The Balaban J connectivity index is 2.59. The van der Waals surface area contributed by atoms with E-state index in [2.05, 4.69) is 13.8 Å². The number of ether oxygens (including phenoxy) is 2. The maximum Gasteiger partial charge on any atom is 0.201 e. The highest BCUT2D eigenvalue weighted by Crippen LogP contribution is 2.53. The number of rotatable bonds is 6. The van der Waals surface area contributed by atoms with Gasteiger partial charge in [-0.25, -0.2) is 0 Å². The number of benzene rings is 1. The van der Waals surface area contributed by atoms with Crippen LogP contribution in [0.1, 0.15) is 25.0 Å². The third-order valence-electron chi connectivity index (χ3n) is 3.16. The average Bonchev–Trinajstić information content (AvgIpc) is 2.77. The summed E-state index contributed by atoms with van der Waals surface area (Å²) in [4.78, 5) is 2.60. The number of hydrogen-bond donors (Lipinski definition) is 1. The molecule has 0 heterocycles. The summed E-state index contributed by atoms with van der Waals surface area (Å²) < 4.78 is 10.7. The molecule has 0 radical (unpaired) electrons. The van der Waals surface area contributed by atoms with Crippen LogP contribution in [0.3, 0.4) is 0 Å². The Hall–Kier alpha value is -0.940. The largest absolute Gasteiger partial charge is 0.502 e. The Morgan fingerprint density at radius 2 is 1.85 bits per heavy atom. The van der Waals surface area contributed by atoms with E-state index in [4.69, 9.17) is 9.47 Å². The Labute approximate surface area is 128 Å². The highest BCUT2D eigenvalue weighted by molar-refractivity contribution is 8.10. The van der Waals surface area contributed by atoms with Crippen LogP contribution in [0.4, 0.5) is 0 Å². The van der Waals surface area contributed by atoms with Crippen LogP contribution >= 0.6 is 23.5 Å². The van der Waals surface area contributed by atoms with E-state index >= 15 is 0 Å². The van der Waals surface area contributed by atoms with E-state index in [0.29, 0.717) is 11.5 Å². The lowest BCUT2D eigenvalue weighted by Crippen LogP contribution is -1.95. The van der Waals surface area contributed by atoms with E-state index in [1.54, 1.807) is 14.2 Å². The molecule has 0 atom stereocenters. The number of allylic oxidation sites excluding steroid dienone is 1. The van der Waals surface area contributed by atoms with Gasteiger partial charge in [0.05, 0.1) is 14.2 Å². The molecule has 0 unspecified atom stereocenters. The minimum atomic E-state index is 0.0886. The summed E-state index contributed by atoms with van der Waals surface area (Å²) in [7, 11) is 3.15. The average molecular weight is 312 g/mol. The number of methoxy groups -OCH3 is 2. The number of thioether (sulfide) groups is 2. The predicted molar refractivity (Wildman–Crippen MR) is 88.1 cm³/mol. The molecule has 110 valence electrons. The first kappa shape index (κ1) is 15.4. The first-order chi connectivity index (χ1) is 9.67. The standard InChI is InChI=1S/C15H20O3S2/c1-5-19-11-8-9-7-10(17-3)13(16)14(18-4)12(9)15(11)20-6-2/h7,16H,5-6,8H2,1-4H3. The second-order valence-electron chi connectivity index (χ2n) is 4.29. The summed E-state index contributed by atoms with van der Waals surface area (Å²) in [6.07, 6.45) is 0.892. The van der Waals surface area contributed by atoms with Crippen molar-refractivity contribution in [3.05, 3.63) is 22.1 Å². The van der Waals surface area contributed by atoms with Gasteiger partial charge in [0.15, 0.2) is 11.5 Å². The molecule has 0 amide bonds. The molecule has 0 aromatic heterocycles. The van der Waals surface area contributed by atoms with Crippen LogP contribution < -0.4 is 9.47 Å². The van der Waals surface area contributed by atoms with E-state index in [1.807, 2.05) is 29.6 Å². The number of aromatic hydroxyl groups is 1. The normalized spacial score (nSPS) is 13.6. The molecule has 1 aromatic rings. The lowest BCUT2D eigenvalue weighted by molar-refractivity contribution is 0.339. The number of fused-ring (bicyclic) bond motifs is 1. The Morgan fingerprint density at radius 1 is 1.15 bits per heavy atom. The van der Waals surface area contributed by atoms with Crippen LogP contribution in [0.25, 0.3) is 4.91 Å². The molecule has 3 nitrogen and oxygen atoms in total. The van der Waals surface area contributed by atoms with Crippen molar-refractivity contribution in [2.24, 2.45) is 0 Å². The van der Waals surface area contributed by atoms with Crippen molar-refractivity contribution in [2.45, 2.75) is 20.3 Å². The Morgan fingerprint density at radius 3 is 2.40 bits per heavy atom. The second kappa shape index (κ2) is 6.68. The molecule has 0 aliphatic heterocycles. The van der Waals surface area contributed by atoms with Crippen molar-refractivity contribution < 1.29 is 14.6 Å². The topological polar surface area (TPSA) is 38.7 Å². The molecule has 0 spiro atoms. The number of phenols is 1. The molecule has 1 aliphatic carbocycles. The number of phenolic OH excluding ortho intramolecular Hbond substituents is 1. The zero-order chi connectivity index (χ0) is 14.7. The lowest BCUT2D eigenvalue weighted by Gasteiger charge is -2.15. The van der Waals surface area contributed by atoms with Crippen LogP contribution in [-0.4, -0.2) is 30.8 Å². The summed E-state index contributed by atoms with van der Waals surface area (Å²) in [5.41, 5.74) is 2.21. The summed E-state index contributed by atoms with van der Waals surface area (Å²) >= 11 is 3.67. The van der Waals surface area contributed by atoms with Gasteiger partial charge in [-0.1, -0.05) is 13.8 Å². The van der Waals surface area contributed by atoms with Gasteiger partial charge in [0.2, 0.25) is 5.75 Å². The molecule has 2 rings (SSSR count). The minimum absolute atomic E-state index is 0.0886. The van der Waals surface area contributed by atoms with E-state index < -0.39 is 0 Å². The Bertz CT molecular complexity index is 538. The third-order valence-corrected chi connectivity index (χ3v) is 5.31. The molecular formula is C15H20O3S2. The molecule has 1 N–H and O–H groups in total. The van der Waals surface area contributed by atoms with Crippen LogP contribution in [0.15, 0.2) is 11.0 Å². The van der Waals surface area contributed by atoms with Gasteiger partial charge >= 0.3 is 0 Å². The van der Waals surface area contributed by atoms with Gasteiger partial charge in [0.1, 0.15) is 0 Å². The maximum atomic E-state index is 10.3. The van der Waals surface area contributed by atoms with Crippen LogP contribution in [0.5, 0.6) is 17.2 Å². The molecule has 0 fully saturated rings. The van der Waals surface area contributed by atoms with Gasteiger partial charge in [0, 0.05) is 21.8 Å². The summed E-state index contributed by atoms with van der Waals surface area (Å²) in [6, 6.07) is 1.92. The third kappa shape index (κ3) is 2.61. The smallest absolute Gasteiger partial charge is 0.201 e. The van der Waals surface area contributed by atoms with Gasteiger partial charge in [-0.15, -0.1) is 23.5 Å². The van der Waals surface area contributed by atoms with Gasteiger partial charge < -0.3 is 14.6 Å². The van der Waals surface area contributed by atoms with Crippen molar-refractivity contribution >= 4 is 28.4 Å². The molecule has 20 heavy (non-hydrogen) atoms. The van der Waals surface area contributed by atoms with Crippen molar-refractivity contribution in [3.8, 4) is 17.2 Å². The molecule has 1 aromatic carbocycles. The first-order valence-electron chi connectivity index (χ1n) is 6.63. The molecule has 0 saturated heterocycles. The summed E-state index contributed by atoms with van der Waals surface area (Å²) in [5, 5.41) is 10.3. The lowest BCUT2D eigenvalue weighted by atomic mass is 10.1. The fourth-order valence-electron chi connectivity index (χ4n) is 2.40. The van der Waals surface area contributed by atoms with Gasteiger partial charge in [0.25, 0.3) is 0 Å². The van der Waals surface area contributed by atoms with Crippen LogP contribution in [0, 0.1) is 0 Å². The summed E-state index contributed by atoms with van der Waals surface area (Å²) in [5.74, 6) is 3.14. The molecular weight excluding hydrogens is 292 g/mol. The Kier molecular flexibility index (Phi) is 5.16. The SMILES string of the molecule is CCSC1=C(SCC)c2c(cc(OC)c(O)c2OC)C1. The van der Waals surface area contributed by atoms with E-state index in [1.165, 1.54) is 15.4 Å². The highest BCUT2D eigenvalue weighted by Gasteiger charge is 2.29.